The van der Waals surface area contributed by atoms with Gasteiger partial charge in [-0.1, -0.05) is 24.3 Å². The molecular weight excluding hydrogens is 442 g/mol. The molecule has 0 unspecified atom stereocenters. The van der Waals surface area contributed by atoms with Crippen molar-refractivity contribution in [3.63, 3.8) is 0 Å². The maximum absolute atomic E-state index is 13.0. The Balaban J connectivity index is 0.00000338. The quantitative estimate of drug-likeness (QED) is 0.397. The minimum absolute atomic E-state index is 0. The number of hydrogen-bond donors (Lipinski definition) is 1. The predicted octanol–water partition coefficient (Wildman–Crippen LogP) is 3.76. The molecule has 0 atom stereocenters. The van der Waals surface area contributed by atoms with Crippen LogP contribution in [0.1, 0.15) is 11.1 Å². The summed E-state index contributed by atoms with van der Waals surface area (Å²) in [4.78, 5) is 8.44. The molecule has 0 aromatic heterocycles. The van der Waals surface area contributed by atoms with Crippen molar-refractivity contribution in [2.75, 3.05) is 39.6 Å². The monoisotopic (exact) mass is 470 g/mol. The molecule has 142 valence electrons. The van der Waals surface area contributed by atoms with Crippen molar-refractivity contribution >= 4 is 35.6 Å². The molecule has 26 heavy (non-hydrogen) atoms. The zero-order valence-corrected chi connectivity index (χ0v) is 18.2. The highest BCUT2D eigenvalue weighted by Crippen LogP contribution is 2.12. The highest BCUT2D eigenvalue weighted by Gasteiger charge is 2.06. The van der Waals surface area contributed by atoms with E-state index in [4.69, 9.17) is 0 Å². The van der Waals surface area contributed by atoms with E-state index in [1.54, 1.807) is 19.2 Å². The summed E-state index contributed by atoms with van der Waals surface area (Å²) in [5, 5.41) is 3.38. The second-order valence-corrected chi connectivity index (χ2v) is 6.27. The Hall–Kier alpha value is -1.83. The van der Waals surface area contributed by atoms with E-state index >= 15 is 0 Å². The van der Waals surface area contributed by atoms with Crippen LogP contribution in [0.4, 0.5) is 10.1 Å². The molecule has 0 spiro atoms. The maximum atomic E-state index is 13.0. The summed E-state index contributed by atoms with van der Waals surface area (Å²) in [6.07, 6.45) is 0.928. The van der Waals surface area contributed by atoms with Gasteiger partial charge in [-0.25, -0.2) is 4.39 Å². The number of hydrogen-bond acceptors (Lipinski definition) is 2. The maximum Gasteiger partial charge on any atom is 0.193 e. The summed E-state index contributed by atoms with van der Waals surface area (Å²) in [5.41, 5.74) is 3.53. The molecule has 2 aromatic rings. The van der Waals surface area contributed by atoms with Gasteiger partial charge in [0.05, 0.1) is 0 Å². The Morgan fingerprint density at radius 3 is 2.08 bits per heavy atom. The number of halogens is 2. The van der Waals surface area contributed by atoms with Gasteiger partial charge >= 0.3 is 0 Å². The molecule has 0 fully saturated rings. The Morgan fingerprint density at radius 2 is 1.54 bits per heavy atom. The molecule has 0 heterocycles. The van der Waals surface area contributed by atoms with Crippen molar-refractivity contribution in [1.82, 2.24) is 10.2 Å². The van der Waals surface area contributed by atoms with Gasteiger partial charge in [-0.15, -0.1) is 24.0 Å². The van der Waals surface area contributed by atoms with E-state index in [0.29, 0.717) is 6.54 Å². The predicted molar refractivity (Wildman–Crippen MR) is 119 cm³/mol. The number of benzene rings is 2. The van der Waals surface area contributed by atoms with Gasteiger partial charge in [-0.05, 0) is 41.8 Å². The molecule has 0 aliphatic rings. The molecule has 4 nitrogen and oxygen atoms in total. The standard InChI is InChI=1S/C20H27FN4.HI/c1-22-20(25(4)15-17-5-9-18(21)10-6-17)23-14-13-16-7-11-19(12-8-16)24(2)3;/h5-12H,13-15H2,1-4H3,(H,22,23);1H. The van der Waals surface area contributed by atoms with Gasteiger partial charge in [0, 0.05) is 47.0 Å². The normalized spacial score (nSPS) is 10.9. The van der Waals surface area contributed by atoms with Crippen molar-refractivity contribution in [3.8, 4) is 0 Å². The number of rotatable bonds is 6. The number of guanidine groups is 1. The Bertz CT molecular complexity index is 684. The van der Waals surface area contributed by atoms with E-state index in [0.717, 1.165) is 24.5 Å². The first-order valence-corrected chi connectivity index (χ1v) is 8.42. The highest BCUT2D eigenvalue weighted by atomic mass is 127. The number of aliphatic imine (C=N–C) groups is 1. The van der Waals surface area contributed by atoms with Crippen LogP contribution < -0.4 is 10.2 Å². The minimum atomic E-state index is -0.214. The molecule has 6 heteroatoms. The van der Waals surface area contributed by atoms with E-state index in [1.807, 2.05) is 26.0 Å². The van der Waals surface area contributed by atoms with Gasteiger partial charge in [0.25, 0.3) is 0 Å². The van der Waals surface area contributed by atoms with Crippen molar-refractivity contribution in [2.24, 2.45) is 4.99 Å². The van der Waals surface area contributed by atoms with Gasteiger partial charge in [-0.3, -0.25) is 4.99 Å². The highest BCUT2D eigenvalue weighted by molar-refractivity contribution is 14.0. The molecule has 2 rings (SSSR count). The smallest absolute Gasteiger partial charge is 0.193 e. The number of anilines is 1. The third kappa shape index (κ3) is 6.82. The molecule has 0 aliphatic carbocycles. The van der Waals surface area contributed by atoms with Crippen LogP contribution in [-0.4, -0.2) is 45.6 Å². The summed E-state index contributed by atoms with van der Waals surface area (Å²) >= 11 is 0. The van der Waals surface area contributed by atoms with E-state index in [2.05, 4.69) is 39.5 Å². The molecule has 0 saturated heterocycles. The fraction of sp³-hybridized carbons (Fsp3) is 0.350. The van der Waals surface area contributed by atoms with Crippen molar-refractivity contribution in [1.29, 1.82) is 0 Å². The van der Waals surface area contributed by atoms with Crippen LogP contribution in [0.5, 0.6) is 0 Å². The molecule has 0 aliphatic heterocycles. The summed E-state index contributed by atoms with van der Waals surface area (Å²) in [6.45, 7) is 1.49. The molecule has 0 amide bonds. The lowest BCUT2D eigenvalue weighted by atomic mass is 10.1. The van der Waals surface area contributed by atoms with E-state index in [1.165, 1.54) is 23.4 Å². The number of nitrogens with one attached hydrogen (secondary N) is 1. The Kier molecular flexibility index (Phi) is 9.40. The van der Waals surface area contributed by atoms with Gasteiger partial charge in [0.15, 0.2) is 5.96 Å². The average Bonchev–Trinajstić information content (AvgIpc) is 2.61. The summed E-state index contributed by atoms with van der Waals surface area (Å²) in [6, 6.07) is 15.1. The Morgan fingerprint density at radius 1 is 0.962 bits per heavy atom. The van der Waals surface area contributed by atoms with Gasteiger partial charge in [-0.2, -0.15) is 0 Å². The first kappa shape index (κ1) is 22.2. The first-order valence-electron chi connectivity index (χ1n) is 8.42. The zero-order chi connectivity index (χ0) is 18.2. The third-order valence-electron chi connectivity index (χ3n) is 4.06. The van der Waals surface area contributed by atoms with E-state index < -0.39 is 0 Å². The second-order valence-electron chi connectivity index (χ2n) is 6.27. The van der Waals surface area contributed by atoms with Gasteiger partial charge < -0.3 is 15.1 Å². The van der Waals surface area contributed by atoms with Gasteiger partial charge in [0.2, 0.25) is 0 Å². The van der Waals surface area contributed by atoms with E-state index in [-0.39, 0.29) is 29.8 Å². The van der Waals surface area contributed by atoms with Crippen LogP contribution in [0, 0.1) is 5.82 Å². The second kappa shape index (κ2) is 11.0. The SMILES string of the molecule is CN=C(NCCc1ccc(N(C)C)cc1)N(C)Cc1ccc(F)cc1.I. The lowest BCUT2D eigenvalue weighted by Gasteiger charge is -2.22. The van der Waals surface area contributed by atoms with Crippen molar-refractivity contribution < 1.29 is 4.39 Å². The summed E-state index contributed by atoms with van der Waals surface area (Å²) in [5.74, 6) is 0.614. The lowest BCUT2D eigenvalue weighted by molar-refractivity contribution is 0.476. The summed E-state index contributed by atoms with van der Waals surface area (Å²) in [7, 11) is 7.83. The molecule has 2 aromatic carbocycles. The number of nitrogens with zero attached hydrogens (tertiary/aromatic N) is 3. The zero-order valence-electron chi connectivity index (χ0n) is 15.9. The van der Waals surface area contributed by atoms with Crippen LogP contribution >= 0.6 is 24.0 Å². The largest absolute Gasteiger partial charge is 0.378 e. The molecule has 0 radical (unpaired) electrons. The minimum Gasteiger partial charge on any atom is -0.378 e. The van der Waals surface area contributed by atoms with Crippen LogP contribution in [0.25, 0.3) is 0 Å². The van der Waals surface area contributed by atoms with Crippen LogP contribution in [-0.2, 0) is 13.0 Å². The topological polar surface area (TPSA) is 30.9 Å². The van der Waals surface area contributed by atoms with Crippen LogP contribution in [0.3, 0.4) is 0 Å². The molecule has 0 saturated carbocycles. The van der Waals surface area contributed by atoms with Crippen LogP contribution in [0.15, 0.2) is 53.5 Å². The lowest BCUT2D eigenvalue weighted by Crippen LogP contribution is -2.39. The van der Waals surface area contributed by atoms with Crippen molar-refractivity contribution in [2.45, 2.75) is 13.0 Å². The molecular formula is C20H28FIN4. The Labute approximate surface area is 173 Å². The average molecular weight is 470 g/mol. The summed E-state index contributed by atoms with van der Waals surface area (Å²) < 4.78 is 13.0. The molecule has 1 N–H and O–H groups in total. The third-order valence-corrected chi connectivity index (χ3v) is 4.06. The molecule has 0 bridgehead atoms. The first-order chi connectivity index (χ1) is 12.0. The van der Waals surface area contributed by atoms with Gasteiger partial charge in [0.1, 0.15) is 5.82 Å². The van der Waals surface area contributed by atoms with E-state index in [9.17, 15) is 4.39 Å². The fourth-order valence-electron chi connectivity index (χ4n) is 2.60. The fourth-order valence-corrected chi connectivity index (χ4v) is 2.60. The van der Waals surface area contributed by atoms with Crippen molar-refractivity contribution in [3.05, 3.63) is 65.5 Å². The van der Waals surface area contributed by atoms with Crippen LogP contribution in [0.2, 0.25) is 0 Å².